The Morgan fingerprint density at radius 2 is 2.11 bits per heavy atom. The molecule has 3 heteroatoms. The van der Waals surface area contributed by atoms with Crippen LogP contribution in [-0.4, -0.2) is 14.2 Å². The fourth-order valence-corrected chi connectivity index (χ4v) is 3.66. The highest BCUT2D eigenvalue weighted by Crippen LogP contribution is 2.37. The molecule has 1 aliphatic rings. The highest BCUT2D eigenvalue weighted by atomic mass is 32.1. The molecular formula is C15H23NOS. The van der Waals surface area contributed by atoms with E-state index in [1.54, 1.807) is 18.4 Å². The van der Waals surface area contributed by atoms with Gasteiger partial charge in [-0.25, -0.2) is 0 Å². The predicted molar refractivity (Wildman–Crippen MR) is 78.5 cm³/mol. The van der Waals surface area contributed by atoms with Gasteiger partial charge in [-0.15, -0.1) is 11.3 Å². The van der Waals surface area contributed by atoms with Gasteiger partial charge in [-0.3, -0.25) is 0 Å². The van der Waals surface area contributed by atoms with Gasteiger partial charge in [0.2, 0.25) is 0 Å². The molecule has 2 rings (SSSR count). The molecule has 0 spiro atoms. The van der Waals surface area contributed by atoms with Gasteiger partial charge in [-0.1, -0.05) is 24.5 Å². The largest absolute Gasteiger partial charge is 0.496 e. The second kappa shape index (κ2) is 6.95. The Balaban J connectivity index is 2.21. The highest BCUT2D eigenvalue weighted by Gasteiger charge is 2.20. The minimum atomic E-state index is 0.332. The van der Waals surface area contributed by atoms with Crippen molar-refractivity contribution in [2.45, 2.75) is 44.6 Å². The third kappa shape index (κ3) is 3.15. The molecule has 0 aliphatic heterocycles. The Morgan fingerprint density at radius 3 is 2.89 bits per heavy atom. The normalized spacial score (nSPS) is 21.6. The number of thiophene rings is 1. The molecule has 18 heavy (non-hydrogen) atoms. The first-order valence-electron chi connectivity index (χ1n) is 6.84. The summed E-state index contributed by atoms with van der Waals surface area (Å²) < 4.78 is 5.46. The van der Waals surface area contributed by atoms with Gasteiger partial charge >= 0.3 is 0 Å². The first kappa shape index (κ1) is 13.6. The van der Waals surface area contributed by atoms with Crippen LogP contribution in [0.3, 0.4) is 0 Å². The van der Waals surface area contributed by atoms with Crippen LogP contribution >= 0.6 is 11.3 Å². The van der Waals surface area contributed by atoms with Gasteiger partial charge in [0.25, 0.3) is 0 Å². The van der Waals surface area contributed by atoms with E-state index in [9.17, 15) is 0 Å². The second-order valence-electron chi connectivity index (χ2n) is 4.81. The summed E-state index contributed by atoms with van der Waals surface area (Å²) >= 11 is 1.78. The van der Waals surface area contributed by atoms with Crippen LogP contribution in [0.25, 0.3) is 0 Å². The Bertz CT molecular complexity index is 397. The molecule has 1 aromatic heterocycles. The van der Waals surface area contributed by atoms with Crippen molar-refractivity contribution in [3.05, 3.63) is 28.0 Å². The van der Waals surface area contributed by atoms with Gasteiger partial charge in [0, 0.05) is 0 Å². The average molecular weight is 265 g/mol. The van der Waals surface area contributed by atoms with Crippen LogP contribution in [-0.2, 0) is 0 Å². The van der Waals surface area contributed by atoms with Gasteiger partial charge < -0.3 is 10.1 Å². The first-order valence-corrected chi connectivity index (χ1v) is 7.72. The lowest BCUT2D eigenvalue weighted by Crippen LogP contribution is -2.18. The number of methoxy groups -OCH3 is 1. The Kier molecular flexibility index (Phi) is 5.26. The summed E-state index contributed by atoms with van der Waals surface area (Å²) in [7, 11) is 3.80. The lowest BCUT2D eigenvalue weighted by atomic mass is 9.94. The summed E-state index contributed by atoms with van der Waals surface area (Å²) in [5.41, 5.74) is 1.54. The van der Waals surface area contributed by atoms with Crippen LogP contribution in [0.2, 0.25) is 0 Å². The number of rotatable bonds is 4. The minimum Gasteiger partial charge on any atom is -0.496 e. The zero-order valence-electron chi connectivity index (χ0n) is 11.4. The number of allylic oxidation sites excluding steroid dienone is 1. The van der Waals surface area contributed by atoms with E-state index in [1.807, 2.05) is 7.05 Å². The maximum absolute atomic E-state index is 5.46. The van der Waals surface area contributed by atoms with E-state index in [2.05, 4.69) is 22.8 Å². The number of likely N-dealkylation sites (N-methyl/N-ethyl adjacent to an activating group) is 1. The van der Waals surface area contributed by atoms with E-state index in [4.69, 9.17) is 4.74 Å². The van der Waals surface area contributed by atoms with Crippen LogP contribution in [0.5, 0.6) is 5.75 Å². The van der Waals surface area contributed by atoms with E-state index in [0.717, 1.165) is 5.75 Å². The second-order valence-corrected chi connectivity index (χ2v) is 5.75. The molecule has 1 heterocycles. The Morgan fingerprint density at radius 1 is 1.28 bits per heavy atom. The van der Waals surface area contributed by atoms with Gasteiger partial charge in [0.15, 0.2) is 0 Å². The van der Waals surface area contributed by atoms with Crippen LogP contribution in [0, 0.1) is 0 Å². The maximum Gasteiger partial charge on any atom is 0.134 e. The fourth-order valence-electron chi connectivity index (χ4n) is 2.65. The van der Waals surface area contributed by atoms with Crippen LogP contribution in [0.1, 0.15) is 49.4 Å². The summed E-state index contributed by atoms with van der Waals surface area (Å²) in [4.78, 5) is 1.31. The lowest BCUT2D eigenvalue weighted by molar-refractivity contribution is 0.407. The average Bonchev–Trinajstić information content (AvgIpc) is 2.80. The van der Waals surface area contributed by atoms with E-state index < -0.39 is 0 Å². The quantitative estimate of drug-likeness (QED) is 0.820. The summed E-state index contributed by atoms with van der Waals surface area (Å²) in [6.45, 7) is 0. The van der Waals surface area contributed by atoms with Gasteiger partial charge in [-0.05, 0) is 44.2 Å². The van der Waals surface area contributed by atoms with Crippen molar-refractivity contribution in [2.75, 3.05) is 14.2 Å². The van der Waals surface area contributed by atoms with Crippen LogP contribution in [0.4, 0.5) is 0 Å². The fraction of sp³-hybridized carbons (Fsp3) is 0.600. The van der Waals surface area contributed by atoms with E-state index in [1.165, 1.54) is 49.0 Å². The maximum atomic E-state index is 5.46. The lowest BCUT2D eigenvalue weighted by Gasteiger charge is -2.21. The zero-order chi connectivity index (χ0) is 12.8. The van der Waals surface area contributed by atoms with Crippen molar-refractivity contribution >= 4 is 11.3 Å². The molecule has 0 saturated heterocycles. The molecule has 2 nitrogen and oxygen atoms in total. The van der Waals surface area contributed by atoms with Gasteiger partial charge in [0.1, 0.15) is 5.75 Å². The van der Waals surface area contributed by atoms with E-state index >= 15 is 0 Å². The minimum absolute atomic E-state index is 0.332. The molecule has 0 amide bonds. The predicted octanol–water partition coefficient (Wildman–Crippen LogP) is 4.30. The molecule has 0 fully saturated rings. The van der Waals surface area contributed by atoms with Crippen molar-refractivity contribution in [3.63, 3.8) is 0 Å². The van der Waals surface area contributed by atoms with Crippen molar-refractivity contribution in [3.8, 4) is 5.75 Å². The van der Waals surface area contributed by atoms with Gasteiger partial charge in [-0.2, -0.15) is 0 Å². The summed E-state index contributed by atoms with van der Waals surface area (Å²) in [5.74, 6) is 1.02. The number of ether oxygens (including phenoxy) is 1. The van der Waals surface area contributed by atoms with Crippen molar-refractivity contribution in [1.82, 2.24) is 5.32 Å². The van der Waals surface area contributed by atoms with E-state index in [0.29, 0.717) is 6.04 Å². The molecule has 1 atom stereocenters. The first-order chi connectivity index (χ1) is 8.86. The van der Waals surface area contributed by atoms with Crippen LogP contribution < -0.4 is 10.1 Å². The Hall–Kier alpha value is -0.800. The summed E-state index contributed by atoms with van der Waals surface area (Å²) in [6, 6.07) is 2.39. The molecule has 1 aliphatic carbocycles. The van der Waals surface area contributed by atoms with Crippen LogP contribution in [0.15, 0.2) is 23.1 Å². The SMILES string of the molecule is CNC(/C1=C/CCCCCC1)c1sccc1OC. The van der Waals surface area contributed by atoms with Crippen molar-refractivity contribution in [2.24, 2.45) is 0 Å². The molecule has 0 saturated carbocycles. The number of hydrogen-bond acceptors (Lipinski definition) is 3. The van der Waals surface area contributed by atoms with Gasteiger partial charge in [0.05, 0.1) is 18.0 Å². The van der Waals surface area contributed by atoms with E-state index in [-0.39, 0.29) is 0 Å². The third-order valence-corrected chi connectivity index (χ3v) is 4.59. The molecule has 1 unspecified atom stereocenters. The third-order valence-electron chi connectivity index (χ3n) is 3.62. The Labute approximate surface area is 114 Å². The molecule has 100 valence electrons. The number of nitrogens with one attached hydrogen (secondary N) is 1. The summed E-state index contributed by atoms with van der Waals surface area (Å²) in [6.07, 6.45) is 10.3. The monoisotopic (exact) mass is 265 g/mol. The standard InChI is InChI=1S/C15H23NOS/c1-16-14(15-13(17-2)10-11-18-15)12-8-6-4-3-5-7-9-12/h8,10-11,14,16H,3-7,9H2,1-2H3/b12-8+. The molecule has 0 radical (unpaired) electrons. The number of hydrogen-bond donors (Lipinski definition) is 1. The molecular weight excluding hydrogens is 242 g/mol. The molecule has 1 aromatic rings. The topological polar surface area (TPSA) is 21.3 Å². The van der Waals surface area contributed by atoms with Crippen molar-refractivity contribution in [1.29, 1.82) is 0 Å². The molecule has 0 bridgehead atoms. The summed E-state index contributed by atoms with van der Waals surface area (Å²) in [5, 5.41) is 5.57. The zero-order valence-corrected chi connectivity index (χ0v) is 12.2. The van der Waals surface area contributed by atoms with Crippen molar-refractivity contribution < 1.29 is 4.74 Å². The highest BCUT2D eigenvalue weighted by molar-refractivity contribution is 7.10. The molecule has 0 aromatic carbocycles. The smallest absolute Gasteiger partial charge is 0.134 e. The molecule has 1 N–H and O–H groups in total.